The van der Waals surface area contributed by atoms with Crippen LogP contribution in [0.5, 0.6) is 0 Å². The number of amides is 4. The molecule has 330 valence electrons. The molecule has 0 unspecified atom stereocenters. The van der Waals surface area contributed by atoms with Crippen LogP contribution < -0.4 is 32.3 Å². The van der Waals surface area contributed by atoms with E-state index in [1.165, 1.54) is 12.8 Å². The van der Waals surface area contributed by atoms with Crippen LogP contribution in [0.25, 0.3) is 0 Å². The smallest absolute Gasteiger partial charge is 0.303 e. The largest absolute Gasteiger partial charge is 0.481 e. The summed E-state index contributed by atoms with van der Waals surface area (Å²) in [5.74, 6) is -1.05. The van der Waals surface area contributed by atoms with Gasteiger partial charge in [-0.3, -0.25) is 38.4 Å². The molecule has 0 spiro atoms. The molecule has 0 aromatic carbocycles. The maximum absolute atomic E-state index is 13.0. The third-order valence-corrected chi connectivity index (χ3v) is 13.9. The first-order valence-electron chi connectivity index (χ1n) is 21.5. The maximum atomic E-state index is 13.0. The molecule has 0 heterocycles. The number of rotatable bonds is 21. The van der Waals surface area contributed by atoms with Crippen molar-refractivity contribution < 1.29 is 58.8 Å². The average molecular weight is 833 g/mol. The second-order valence-corrected chi connectivity index (χ2v) is 18.2. The highest BCUT2D eigenvalue weighted by molar-refractivity contribution is 5.91. The molecule has 0 aromatic rings. The predicted octanol–water partition coefficient (Wildman–Crippen LogP) is 1.20. The Kier molecular flexibility index (Phi) is 16.1. The minimum absolute atomic E-state index is 0.00439. The monoisotopic (exact) mass is 832 g/mol. The van der Waals surface area contributed by atoms with Crippen LogP contribution in [0.3, 0.4) is 0 Å². The summed E-state index contributed by atoms with van der Waals surface area (Å²) in [5, 5.41) is 49.8. The quantitative estimate of drug-likeness (QED) is 0.0778. The molecule has 8 fully saturated rings. The summed E-state index contributed by atoms with van der Waals surface area (Å²) in [6, 6.07) is -3.59. The zero-order chi connectivity index (χ0) is 43.0. The van der Waals surface area contributed by atoms with E-state index in [2.05, 4.69) is 26.6 Å². The first kappa shape index (κ1) is 45.8. The van der Waals surface area contributed by atoms with Crippen molar-refractivity contribution in [1.82, 2.24) is 26.6 Å². The molecule has 0 radical (unpaired) electrons. The molecule has 0 saturated heterocycles. The Morgan fingerprint density at radius 1 is 0.458 bits per heavy atom. The third-order valence-electron chi connectivity index (χ3n) is 13.9. The molecule has 59 heavy (non-hydrogen) atoms. The number of carboxylic acids is 4. The molecular weight excluding hydrogens is 768 g/mol. The van der Waals surface area contributed by atoms with Crippen LogP contribution in [-0.4, -0.2) is 111 Å². The first-order valence-corrected chi connectivity index (χ1v) is 21.5. The lowest BCUT2D eigenvalue weighted by molar-refractivity contribution is -0.139. The lowest BCUT2D eigenvalue weighted by Crippen LogP contribution is -2.60. The van der Waals surface area contributed by atoms with Gasteiger partial charge in [0.05, 0.1) is 12.1 Å². The SMILES string of the molecule is CN[C@@H](CCC(=O)O)C(=O)N[C@@H](CCC(=O)O)C(=O)NC1C2CC3CC(C2)CC1C3.N[C@@H](CCC(=O)O)C(=O)N[C@@H](CCC(=O)O)C(=O)NC1C2CC3CC(C2)CC1C3. The number of carbonyl (C=O) groups excluding carboxylic acids is 4. The van der Waals surface area contributed by atoms with E-state index < -0.39 is 59.9 Å². The van der Waals surface area contributed by atoms with E-state index in [-0.39, 0.29) is 75.3 Å². The maximum Gasteiger partial charge on any atom is 0.303 e. The van der Waals surface area contributed by atoms with Gasteiger partial charge < -0.3 is 52.7 Å². The second kappa shape index (κ2) is 20.8. The fraction of sp³-hybridized carbons (Fsp3) is 0.805. The Hall–Kier alpha value is -4.32. The van der Waals surface area contributed by atoms with Crippen LogP contribution >= 0.6 is 0 Å². The fourth-order valence-corrected chi connectivity index (χ4v) is 11.6. The Balaban J connectivity index is 0.000000224. The lowest BCUT2D eigenvalue weighted by Gasteiger charge is -2.54. The lowest BCUT2D eigenvalue weighted by atomic mass is 9.54. The van der Waals surface area contributed by atoms with Gasteiger partial charge in [0.2, 0.25) is 23.6 Å². The van der Waals surface area contributed by atoms with Gasteiger partial charge in [0.1, 0.15) is 12.1 Å². The van der Waals surface area contributed by atoms with Crippen molar-refractivity contribution in [2.75, 3.05) is 7.05 Å². The summed E-state index contributed by atoms with van der Waals surface area (Å²) in [6.45, 7) is 0. The molecule has 8 saturated carbocycles. The average Bonchev–Trinajstić information content (AvgIpc) is 3.16. The third kappa shape index (κ3) is 12.8. The van der Waals surface area contributed by atoms with Crippen LogP contribution in [0.4, 0.5) is 0 Å². The Morgan fingerprint density at radius 2 is 0.763 bits per heavy atom. The molecular formula is C41H64N6O12. The van der Waals surface area contributed by atoms with Crippen LogP contribution in [0.2, 0.25) is 0 Å². The minimum Gasteiger partial charge on any atom is -0.481 e. The second-order valence-electron chi connectivity index (χ2n) is 18.2. The van der Waals surface area contributed by atoms with E-state index in [4.69, 9.17) is 26.2 Å². The van der Waals surface area contributed by atoms with Gasteiger partial charge in [0, 0.05) is 37.8 Å². The number of aliphatic carboxylic acids is 4. The number of hydrogen-bond acceptors (Lipinski definition) is 10. The van der Waals surface area contributed by atoms with E-state index >= 15 is 0 Å². The van der Waals surface area contributed by atoms with Gasteiger partial charge >= 0.3 is 23.9 Å². The van der Waals surface area contributed by atoms with Gasteiger partial charge in [-0.05, 0) is 144 Å². The molecule has 8 bridgehead atoms. The van der Waals surface area contributed by atoms with Gasteiger partial charge in [0.25, 0.3) is 0 Å². The molecule has 4 atom stereocenters. The summed E-state index contributed by atoms with van der Waals surface area (Å²) in [5.41, 5.74) is 5.73. The minimum atomic E-state index is -1.06. The highest BCUT2D eigenvalue weighted by Gasteiger charge is 2.50. The van der Waals surface area contributed by atoms with Crippen LogP contribution in [0.1, 0.15) is 116 Å². The van der Waals surface area contributed by atoms with E-state index in [1.807, 2.05) is 0 Å². The van der Waals surface area contributed by atoms with Crippen molar-refractivity contribution in [1.29, 1.82) is 0 Å². The highest BCUT2D eigenvalue weighted by atomic mass is 16.4. The summed E-state index contributed by atoms with van der Waals surface area (Å²) in [4.78, 5) is 94.3. The van der Waals surface area contributed by atoms with Crippen molar-refractivity contribution in [2.45, 2.75) is 152 Å². The molecule has 18 heteroatoms. The number of hydrogen-bond donors (Lipinski definition) is 10. The van der Waals surface area contributed by atoms with E-state index in [0.717, 1.165) is 75.0 Å². The van der Waals surface area contributed by atoms with Gasteiger partial charge in [-0.2, -0.15) is 0 Å². The topological polar surface area (TPSA) is 304 Å². The number of carboxylic acid groups (broad SMARTS) is 4. The van der Waals surface area contributed by atoms with E-state index in [1.54, 1.807) is 7.05 Å². The van der Waals surface area contributed by atoms with Crippen LogP contribution in [0, 0.1) is 47.3 Å². The zero-order valence-corrected chi connectivity index (χ0v) is 33.9. The number of nitrogens with one attached hydrogen (secondary N) is 5. The van der Waals surface area contributed by atoms with E-state index in [0.29, 0.717) is 23.7 Å². The summed E-state index contributed by atoms with van der Waals surface area (Å²) < 4.78 is 0. The molecule has 18 nitrogen and oxygen atoms in total. The zero-order valence-electron chi connectivity index (χ0n) is 33.9. The standard InChI is InChI=1S/C21H33N3O6.C20H31N3O6/c1-22-15(2-4-17(25)26)20(29)23-16(3-5-18(27)28)21(30)24-19-13-7-11-6-12(9-13)10-14(19)8-11;21-14(1-3-16(24)25)19(28)22-15(2-4-17(26)27)20(29)23-18-12-6-10-5-11(8-12)9-13(18)7-10/h11-16,19,22H,2-10H2,1H3,(H,23,29)(H,24,30)(H,25,26)(H,27,28);10-15,18H,1-9,21H2,(H,22,28)(H,23,29)(H,24,25)(H,26,27)/t11?,12?,13?,14?,15-,16-,19?;10?,11?,12?,13?,14-,15-,18?/m00/s1. The summed E-state index contributed by atoms with van der Waals surface area (Å²) in [6.07, 6.45) is 10.8. The number of likely N-dealkylation sites (N-methyl/N-ethyl adjacent to an activating group) is 1. The summed E-state index contributed by atoms with van der Waals surface area (Å²) >= 11 is 0. The van der Waals surface area contributed by atoms with Gasteiger partial charge in [0.15, 0.2) is 0 Å². The number of carbonyl (C=O) groups is 8. The molecule has 8 rings (SSSR count). The Labute approximate surface area is 344 Å². The van der Waals surface area contributed by atoms with Crippen LogP contribution in [0.15, 0.2) is 0 Å². The Bertz CT molecular complexity index is 1520. The highest BCUT2D eigenvalue weighted by Crippen LogP contribution is 2.54. The number of nitrogens with two attached hydrogens (primary N) is 1. The summed E-state index contributed by atoms with van der Waals surface area (Å²) in [7, 11) is 1.55. The van der Waals surface area contributed by atoms with Crippen molar-refractivity contribution in [3.8, 4) is 0 Å². The van der Waals surface area contributed by atoms with Gasteiger partial charge in [-0.1, -0.05) is 0 Å². The molecule has 4 amide bonds. The predicted molar refractivity (Wildman–Crippen MR) is 210 cm³/mol. The molecule has 0 aliphatic heterocycles. The van der Waals surface area contributed by atoms with Crippen molar-refractivity contribution >= 4 is 47.5 Å². The normalized spacial score (nSPS) is 31.4. The molecule has 11 N–H and O–H groups in total. The fourth-order valence-electron chi connectivity index (χ4n) is 11.6. The van der Waals surface area contributed by atoms with Gasteiger partial charge in [-0.15, -0.1) is 0 Å². The molecule has 8 aliphatic carbocycles. The van der Waals surface area contributed by atoms with Crippen molar-refractivity contribution in [3.63, 3.8) is 0 Å². The first-order chi connectivity index (χ1) is 28.0. The van der Waals surface area contributed by atoms with Gasteiger partial charge in [-0.25, -0.2) is 0 Å². The molecule has 8 aliphatic rings. The van der Waals surface area contributed by atoms with E-state index in [9.17, 15) is 38.4 Å². The molecule has 0 aromatic heterocycles. The van der Waals surface area contributed by atoms with Crippen molar-refractivity contribution in [2.24, 2.45) is 53.1 Å². The van der Waals surface area contributed by atoms with Crippen LogP contribution in [-0.2, 0) is 38.4 Å². The Morgan fingerprint density at radius 3 is 1.08 bits per heavy atom. The van der Waals surface area contributed by atoms with Crippen molar-refractivity contribution in [3.05, 3.63) is 0 Å².